The fraction of sp³-hybridized carbons (Fsp3) is 0.308. The first-order valence-electron chi connectivity index (χ1n) is 11.6. The molecular formula is C26H25F6N5. The molecule has 2 heterocycles. The third-order valence-corrected chi connectivity index (χ3v) is 5.71. The number of rotatable bonds is 6. The van der Waals surface area contributed by atoms with Crippen molar-refractivity contribution in [1.29, 1.82) is 0 Å². The third-order valence-electron chi connectivity index (χ3n) is 5.71. The minimum absolute atomic E-state index is 0.197. The van der Waals surface area contributed by atoms with Crippen molar-refractivity contribution in [1.82, 2.24) is 10.3 Å². The zero-order chi connectivity index (χ0) is 26.8. The Labute approximate surface area is 210 Å². The minimum atomic E-state index is -4.57. The molecule has 0 spiro atoms. The van der Waals surface area contributed by atoms with Gasteiger partial charge in [0.2, 0.25) is 0 Å². The molecule has 0 aliphatic carbocycles. The number of fused-ring (bicyclic) bond motifs is 1. The van der Waals surface area contributed by atoms with Crippen LogP contribution in [-0.4, -0.2) is 29.6 Å². The highest BCUT2D eigenvalue weighted by Crippen LogP contribution is 2.38. The van der Waals surface area contributed by atoms with Crippen molar-refractivity contribution < 1.29 is 26.3 Å². The summed E-state index contributed by atoms with van der Waals surface area (Å²) in [5.74, 6) is 0.395. The van der Waals surface area contributed by atoms with Crippen molar-refractivity contribution in [2.24, 2.45) is 4.99 Å². The fourth-order valence-electron chi connectivity index (χ4n) is 3.94. The number of pyridine rings is 1. The van der Waals surface area contributed by atoms with Crippen LogP contribution in [0.3, 0.4) is 0 Å². The average molecular weight is 522 g/mol. The molecule has 4 rings (SSSR count). The highest BCUT2D eigenvalue weighted by molar-refractivity contribution is 6.13. The number of aliphatic imine (C=N–C) groups is 1. The number of amidine groups is 1. The fourth-order valence-corrected chi connectivity index (χ4v) is 3.94. The Morgan fingerprint density at radius 2 is 1.68 bits per heavy atom. The second-order valence-corrected chi connectivity index (χ2v) is 8.89. The number of halogens is 6. The summed E-state index contributed by atoms with van der Waals surface area (Å²) in [4.78, 5) is 8.65. The van der Waals surface area contributed by atoms with Crippen LogP contribution in [0.2, 0.25) is 0 Å². The molecule has 1 atom stereocenters. The molecule has 1 aromatic heterocycles. The van der Waals surface area contributed by atoms with E-state index in [1.807, 2.05) is 13.8 Å². The number of benzene rings is 2. The van der Waals surface area contributed by atoms with Crippen LogP contribution < -0.4 is 16.0 Å². The molecule has 2 aromatic carbocycles. The van der Waals surface area contributed by atoms with Crippen LogP contribution in [0, 0.1) is 0 Å². The van der Waals surface area contributed by atoms with Gasteiger partial charge in [0.1, 0.15) is 12.0 Å². The highest BCUT2D eigenvalue weighted by atomic mass is 19.4. The summed E-state index contributed by atoms with van der Waals surface area (Å²) >= 11 is 0. The summed E-state index contributed by atoms with van der Waals surface area (Å²) in [5, 5.41) is 9.62. The summed E-state index contributed by atoms with van der Waals surface area (Å²) in [5.41, 5.74) is -0.0429. The van der Waals surface area contributed by atoms with Crippen LogP contribution in [0.1, 0.15) is 37.0 Å². The smallest absolute Gasteiger partial charge is 0.363 e. The largest absolute Gasteiger partial charge is 0.418 e. The van der Waals surface area contributed by atoms with Gasteiger partial charge < -0.3 is 16.0 Å². The lowest BCUT2D eigenvalue weighted by molar-refractivity contribution is -0.138. The molecule has 0 saturated carbocycles. The van der Waals surface area contributed by atoms with Gasteiger partial charge >= 0.3 is 12.4 Å². The molecule has 0 amide bonds. The Morgan fingerprint density at radius 1 is 0.946 bits per heavy atom. The van der Waals surface area contributed by atoms with Crippen molar-refractivity contribution in [2.75, 3.05) is 17.2 Å². The van der Waals surface area contributed by atoms with Crippen LogP contribution in [0.25, 0.3) is 11.3 Å². The molecule has 196 valence electrons. The summed E-state index contributed by atoms with van der Waals surface area (Å²) in [6.07, 6.45) is -7.58. The van der Waals surface area contributed by atoms with Gasteiger partial charge in [0.15, 0.2) is 0 Å². The zero-order valence-corrected chi connectivity index (χ0v) is 20.0. The molecular weight excluding hydrogens is 496 g/mol. The van der Waals surface area contributed by atoms with E-state index in [0.29, 0.717) is 35.7 Å². The van der Waals surface area contributed by atoms with Gasteiger partial charge in [-0.1, -0.05) is 19.9 Å². The maximum absolute atomic E-state index is 13.6. The quantitative estimate of drug-likeness (QED) is 0.313. The molecule has 0 fully saturated rings. The van der Waals surface area contributed by atoms with Crippen LogP contribution in [0.15, 0.2) is 65.8 Å². The van der Waals surface area contributed by atoms with Crippen LogP contribution in [0.5, 0.6) is 0 Å². The van der Waals surface area contributed by atoms with Crippen molar-refractivity contribution >= 4 is 17.2 Å². The first-order chi connectivity index (χ1) is 17.4. The standard InChI is InChI=1S/C26H25F6N5/c1-15(2)33-13-11-22-36-21-14-16(23-20(26(30,31)32)4-3-12-34-23)5-10-19(21)24(37-22)35-18-8-6-17(7-9-18)25(27,28)29/h3-10,12,14-15,22,33,36H,11,13H2,1-2H3,(H,35,37). The lowest BCUT2D eigenvalue weighted by Gasteiger charge is -2.27. The van der Waals surface area contributed by atoms with Gasteiger partial charge in [0.25, 0.3) is 0 Å². The van der Waals surface area contributed by atoms with Crippen molar-refractivity contribution in [3.05, 3.63) is 77.5 Å². The summed E-state index contributed by atoms with van der Waals surface area (Å²) in [7, 11) is 0. The highest BCUT2D eigenvalue weighted by Gasteiger charge is 2.35. The number of nitrogens with zero attached hydrogens (tertiary/aromatic N) is 2. The molecule has 1 aliphatic heterocycles. The first-order valence-corrected chi connectivity index (χ1v) is 11.6. The van der Waals surface area contributed by atoms with Gasteiger partial charge in [-0.25, -0.2) is 4.99 Å². The SMILES string of the molecule is CC(C)NCCC1N=C(Nc2ccc(C(F)(F)F)cc2)c2ccc(-c3ncccc3C(F)(F)F)cc2N1. The molecule has 3 aromatic rings. The predicted octanol–water partition coefficient (Wildman–Crippen LogP) is 6.78. The average Bonchev–Trinajstić information content (AvgIpc) is 2.83. The van der Waals surface area contributed by atoms with E-state index >= 15 is 0 Å². The molecule has 11 heteroatoms. The molecule has 0 saturated heterocycles. The normalized spacial score (nSPS) is 15.7. The Kier molecular flexibility index (Phi) is 7.44. The van der Waals surface area contributed by atoms with Gasteiger partial charge in [0, 0.05) is 41.2 Å². The number of hydrogen-bond acceptors (Lipinski definition) is 5. The first kappa shape index (κ1) is 26.5. The van der Waals surface area contributed by atoms with Gasteiger partial charge in [0.05, 0.1) is 16.8 Å². The summed E-state index contributed by atoms with van der Waals surface area (Å²) in [6.45, 7) is 4.63. The predicted molar refractivity (Wildman–Crippen MR) is 131 cm³/mol. The molecule has 1 aliphatic rings. The second kappa shape index (κ2) is 10.4. The lowest BCUT2D eigenvalue weighted by Crippen LogP contribution is -2.33. The minimum Gasteiger partial charge on any atom is -0.363 e. The maximum Gasteiger partial charge on any atom is 0.418 e. The molecule has 5 nitrogen and oxygen atoms in total. The van der Waals surface area contributed by atoms with Gasteiger partial charge in [-0.3, -0.25) is 4.98 Å². The van der Waals surface area contributed by atoms with Crippen LogP contribution in [-0.2, 0) is 12.4 Å². The lowest BCUT2D eigenvalue weighted by atomic mass is 10.00. The number of hydrogen-bond donors (Lipinski definition) is 3. The Hall–Kier alpha value is -3.60. The van der Waals surface area contributed by atoms with E-state index in [9.17, 15) is 26.3 Å². The van der Waals surface area contributed by atoms with Crippen LogP contribution >= 0.6 is 0 Å². The third kappa shape index (κ3) is 6.40. The van der Waals surface area contributed by atoms with E-state index in [0.717, 1.165) is 18.2 Å². The summed E-state index contributed by atoms with van der Waals surface area (Å²) in [6, 6.07) is 11.7. The molecule has 1 unspecified atom stereocenters. The van der Waals surface area contributed by atoms with Crippen molar-refractivity contribution in [3.8, 4) is 11.3 Å². The van der Waals surface area contributed by atoms with E-state index in [1.54, 1.807) is 12.1 Å². The number of anilines is 2. The van der Waals surface area contributed by atoms with Crippen molar-refractivity contribution in [3.63, 3.8) is 0 Å². The van der Waals surface area contributed by atoms with E-state index in [-0.39, 0.29) is 17.3 Å². The molecule has 0 radical (unpaired) electrons. The maximum atomic E-state index is 13.6. The topological polar surface area (TPSA) is 61.3 Å². The Morgan fingerprint density at radius 3 is 2.32 bits per heavy atom. The molecule has 37 heavy (non-hydrogen) atoms. The van der Waals surface area contributed by atoms with Crippen molar-refractivity contribution in [2.45, 2.75) is 44.8 Å². The van der Waals surface area contributed by atoms with Gasteiger partial charge in [-0.2, -0.15) is 26.3 Å². The van der Waals surface area contributed by atoms with Crippen LogP contribution in [0.4, 0.5) is 37.7 Å². The van der Waals surface area contributed by atoms with Gasteiger partial charge in [-0.05, 0) is 55.1 Å². The number of alkyl halides is 6. The Bertz CT molecular complexity index is 1270. The van der Waals surface area contributed by atoms with Gasteiger partial charge in [-0.15, -0.1) is 0 Å². The van der Waals surface area contributed by atoms with E-state index in [2.05, 4.69) is 25.9 Å². The Balaban J connectivity index is 1.68. The zero-order valence-electron chi connectivity index (χ0n) is 20.0. The monoisotopic (exact) mass is 521 g/mol. The molecule has 3 N–H and O–H groups in total. The van der Waals surface area contributed by atoms with E-state index in [1.165, 1.54) is 30.5 Å². The molecule has 0 bridgehead atoms. The van der Waals surface area contributed by atoms with E-state index in [4.69, 9.17) is 0 Å². The number of aromatic nitrogens is 1. The second-order valence-electron chi connectivity index (χ2n) is 8.89. The van der Waals surface area contributed by atoms with E-state index < -0.39 is 29.6 Å². The summed E-state index contributed by atoms with van der Waals surface area (Å²) < 4.78 is 79.6. The number of nitrogens with one attached hydrogen (secondary N) is 3.